The molecule has 1 atom stereocenters. The zero-order valence-electron chi connectivity index (χ0n) is 15.8. The van der Waals surface area contributed by atoms with Gasteiger partial charge in [-0.2, -0.15) is 0 Å². The summed E-state index contributed by atoms with van der Waals surface area (Å²) in [5.41, 5.74) is 2.52. The molecule has 1 N–H and O–H groups in total. The van der Waals surface area contributed by atoms with Crippen molar-refractivity contribution >= 4 is 39.9 Å². The lowest BCUT2D eigenvalue weighted by Crippen LogP contribution is -2.43. The molecule has 1 unspecified atom stereocenters. The number of aryl methyl sites for hydroxylation is 1. The van der Waals surface area contributed by atoms with Gasteiger partial charge in [0.2, 0.25) is 11.0 Å². The lowest BCUT2D eigenvalue weighted by Gasteiger charge is -2.24. The second-order valence-electron chi connectivity index (χ2n) is 6.90. The molecule has 29 heavy (non-hydrogen) atoms. The topological polar surface area (TPSA) is 75.2 Å². The Balaban J connectivity index is 1.47. The summed E-state index contributed by atoms with van der Waals surface area (Å²) in [4.78, 5) is 27.3. The van der Waals surface area contributed by atoms with Crippen LogP contribution < -0.4 is 5.32 Å². The third-order valence-electron chi connectivity index (χ3n) is 4.87. The zero-order chi connectivity index (χ0) is 20.4. The van der Waals surface area contributed by atoms with Crippen LogP contribution >= 0.6 is 22.9 Å². The summed E-state index contributed by atoms with van der Waals surface area (Å²) < 4.78 is 0. The number of hydrogen-bond donors (Lipinski definition) is 1. The van der Waals surface area contributed by atoms with E-state index in [2.05, 4.69) is 15.5 Å². The number of aromatic nitrogens is 2. The maximum Gasteiger partial charge on any atom is 0.256 e. The number of amides is 2. The molecular formula is C21H19ClN4O2S. The summed E-state index contributed by atoms with van der Waals surface area (Å²) in [6.45, 7) is 2.54. The lowest BCUT2D eigenvalue weighted by molar-refractivity contribution is -0.119. The van der Waals surface area contributed by atoms with Gasteiger partial charge in [0, 0.05) is 12.1 Å². The Morgan fingerprint density at radius 2 is 1.90 bits per heavy atom. The van der Waals surface area contributed by atoms with Gasteiger partial charge in [0.1, 0.15) is 11.0 Å². The van der Waals surface area contributed by atoms with Crippen LogP contribution in [0.5, 0.6) is 0 Å². The zero-order valence-corrected chi connectivity index (χ0v) is 17.3. The smallest absolute Gasteiger partial charge is 0.256 e. The SMILES string of the molecule is Cc1ccc(-c2nnc(NC(=O)C3CCCN3C(=O)c3ccccc3Cl)s2)cc1. The number of carbonyl (C=O) groups is 2. The fourth-order valence-electron chi connectivity index (χ4n) is 3.35. The predicted molar refractivity (Wildman–Crippen MR) is 114 cm³/mol. The maximum atomic E-state index is 12.9. The number of hydrogen-bond acceptors (Lipinski definition) is 5. The third kappa shape index (κ3) is 4.16. The van der Waals surface area contributed by atoms with Gasteiger partial charge in [0.05, 0.1) is 10.6 Å². The van der Waals surface area contributed by atoms with Gasteiger partial charge in [-0.25, -0.2) is 0 Å². The van der Waals surface area contributed by atoms with E-state index in [-0.39, 0.29) is 11.8 Å². The molecule has 1 aliphatic rings. The quantitative estimate of drug-likeness (QED) is 0.670. The van der Waals surface area contributed by atoms with E-state index in [1.807, 2.05) is 31.2 Å². The highest BCUT2D eigenvalue weighted by Crippen LogP contribution is 2.28. The molecule has 2 amide bonds. The first-order chi connectivity index (χ1) is 14.0. The first-order valence-corrected chi connectivity index (χ1v) is 10.5. The van der Waals surface area contributed by atoms with Crippen LogP contribution in [0.4, 0.5) is 5.13 Å². The summed E-state index contributed by atoms with van der Waals surface area (Å²) in [5.74, 6) is -0.486. The summed E-state index contributed by atoms with van der Waals surface area (Å²) in [6, 6.07) is 14.3. The van der Waals surface area contributed by atoms with Gasteiger partial charge in [-0.15, -0.1) is 10.2 Å². The van der Waals surface area contributed by atoms with E-state index < -0.39 is 6.04 Å². The van der Waals surface area contributed by atoms with Crippen molar-refractivity contribution in [2.75, 3.05) is 11.9 Å². The van der Waals surface area contributed by atoms with Crippen molar-refractivity contribution in [1.82, 2.24) is 15.1 Å². The molecule has 6 nitrogen and oxygen atoms in total. The molecule has 0 bridgehead atoms. The fourth-order valence-corrected chi connectivity index (χ4v) is 4.32. The van der Waals surface area contributed by atoms with Crippen molar-refractivity contribution < 1.29 is 9.59 Å². The summed E-state index contributed by atoms with van der Waals surface area (Å²) in [5, 5.41) is 12.6. The van der Waals surface area contributed by atoms with Crippen molar-refractivity contribution in [3.8, 4) is 10.6 Å². The Labute approximate surface area is 177 Å². The second-order valence-corrected chi connectivity index (χ2v) is 8.29. The molecule has 1 fully saturated rings. The van der Waals surface area contributed by atoms with Crippen LogP contribution in [0.25, 0.3) is 10.6 Å². The van der Waals surface area contributed by atoms with Gasteiger partial charge in [-0.1, -0.05) is 64.9 Å². The van der Waals surface area contributed by atoms with Gasteiger partial charge in [-0.3, -0.25) is 14.9 Å². The van der Waals surface area contributed by atoms with Crippen molar-refractivity contribution in [3.63, 3.8) is 0 Å². The molecular weight excluding hydrogens is 408 g/mol. The average molecular weight is 427 g/mol. The maximum absolute atomic E-state index is 12.9. The second kappa shape index (κ2) is 8.31. The molecule has 0 radical (unpaired) electrons. The minimum atomic E-state index is -0.550. The van der Waals surface area contributed by atoms with E-state index in [0.717, 1.165) is 22.6 Å². The first-order valence-electron chi connectivity index (χ1n) is 9.30. The van der Waals surface area contributed by atoms with E-state index in [0.29, 0.717) is 28.7 Å². The lowest BCUT2D eigenvalue weighted by atomic mass is 10.1. The molecule has 3 aromatic rings. The molecule has 1 saturated heterocycles. The van der Waals surface area contributed by atoms with Crippen molar-refractivity contribution in [2.24, 2.45) is 0 Å². The van der Waals surface area contributed by atoms with Crippen LogP contribution in [0.15, 0.2) is 48.5 Å². The van der Waals surface area contributed by atoms with Crippen LogP contribution in [-0.2, 0) is 4.79 Å². The number of anilines is 1. The minimum absolute atomic E-state index is 0.231. The highest BCUT2D eigenvalue weighted by atomic mass is 35.5. The molecule has 2 aromatic carbocycles. The molecule has 0 saturated carbocycles. The molecule has 8 heteroatoms. The first kappa shape index (κ1) is 19.5. The largest absolute Gasteiger partial charge is 0.327 e. The van der Waals surface area contributed by atoms with Crippen LogP contribution in [0, 0.1) is 6.92 Å². The predicted octanol–water partition coefficient (Wildman–Crippen LogP) is 4.41. The molecule has 2 heterocycles. The molecule has 0 aliphatic carbocycles. The number of likely N-dealkylation sites (tertiary alicyclic amines) is 1. The van der Waals surface area contributed by atoms with Crippen molar-refractivity contribution in [2.45, 2.75) is 25.8 Å². The monoisotopic (exact) mass is 426 g/mol. The van der Waals surface area contributed by atoms with E-state index in [1.54, 1.807) is 29.2 Å². The van der Waals surface area contributed by atoms with Crippen LogP contribution in [-0.4, -0.2) is 39.5 Å². The normalized spacial score (nSPS) is 16.1. The summed E-state index contributed by atoms with van der Waals surface area (Å²) in [7, 11) is 0. The van der Waals surface area contributed by atoms with Gasteiger partial charge in [0.25, 0.3) is 5.91 Å². The number of carbonyl (C=O) groups excluding carboxylic acids is 2. The van der Waals surface area contributed by atoms with Gasteiger partial charge in [0.15, 0.2) is 0 Å². The van der Waals surface area contributed by atoms with Crippen LogP contribution in [0.2, 0.25) is 5.02 Å². The number of nitrogens with zero attached hydrogens (tertiary/aromatic N) is 3. The standard InChI is InChI=1S/C21H19ClN4O2S/c1-13-8-10-14(11-9-13)19-24-25-21(29-19)23-18(27)17-7-4-12-26(17)20(28)15-5-2-3-6-16(15)22/h2-3,5-6,8-11,17H,4,7,12H2,1H3,(H,23,25,27). The van der Waals surface area contributed by atoms with E-state index in [9.17, 15) is 9.59 Å². The van der Waals surface area contributed by atoms with Gasteiger partial charge in [-0.05, 0) is 31.9 Å². The van der Waals surface area contributed by atoms with Crippen molar-refractivity contribution in [3.05, 3.63) is 64.7 Å². The highest BCUT2D eigenvalue weighted by Gasteiger charge is 2.35. The number of rotatable bonds is 4. The number of benzene rings is 2. The Kier molecular flexibility index (Phi) is 5.60. The Bertz CT molecular complexity index is 1050. The molecule has 4 rings (SSSR count). The Morgan fingerprint density at radius 1 is 1.14 bits per heavy atom. The molecule has 0 spiro atoms. The van der Waals surface area contributed by atoms with Crippen LogP contribution in [0.1, 0.15) is 28.8 Å². The van der Waals surface area contributed by atoms with Crippen molar-refractivity contribution in [1.29, 1.82) is 0 Å². The molecule has 148 valence electrons. The number of nitrogens with one attached hydrogen (secondary N) is 1. The van der Waals surface area contributed by atoms with E-state index in [1.165, 1.54) is 11.3 Å². The van der Waals surface area contributed by atoms with E-state index >= 15 is 0 Å². The third-order valence-corrected chi connectivity index (χ3v) is 6.09. The van der Waals surface area contributed by atoms with E-state index in [4.69, 9.17) is 11.6 Å². The average Bonchev–Trinajstić information content (AvgIpc) is 3.38. The number of halogens is 1. The van der Waals surface area contributed by atoms with Gasteiger partial charge < -0.3 is 4.90 Å². The summed E-state index contributed by atoms with van der Waals surface area (Å²) >= 11 is 7.47. The Morgan fingerprint density at radius 3 is 2.66 bits per heavy atom. The molecule has 1 aromatic heterocycles. The highest BCUT2D eigenvalue weighted by molar-refractivity contribution is 7.18. The Hall–Kier alpha value is -2.77. The fraction of sp³-hybridized carbons (Fsp3) is 0.238. The van der Waals surface area contributed by atoms with Gasteiger partial charge >= 0.3 is 0 Å². The van der Waals surface area contributed by atoms with Crippen LogP contribution in [0.3, 0.4) is 0 Å². The molecule has 1 aliphatic heterocycles. The minimum Gasteiger partial charge on any atom is -0.327 e. The summed E-state index contributed by atoms with van der Waals surface area (Å²) in [6.07, 6.45) is 1.37.